The monoisotopic (exact) mass is 403 g/mol. The van der Waals surface area contributed by atoms with Crippen LogP contribution in [0, 0.1) is 0 Å². The van der Waals surface area contributed by atoms with Crippen LogP contribution < -0.4 is 9.47 Å². The summed E-state index contributed by atoms with van der Waals surface area (Å²) >= 11 is 0. The van der Waals surface area contributed by atoms with Gasteiger partial charge in [0, 0.05) is 45.2 Å². The van der Waals surface area contributed by atoms with Gasteiger partial charge < -0.3 is 19.3 Å². The van der Waals surface area contributed by atoms with Gasteiger partial charge in [0.1, 0.15) is 0 Å². The SMILES string of the molecule is COc1ccc(CCN(C)C2CCCN(C3CCN(C(C)=O)CC3)C2)cc1OC. The van der Waals surface area contributed by atoms with E-state index in [0.29, 0.717) is 12.1 Å². The molecule has 2 aliphatic heterocycles. The van der Waals surface area contributed by atoms with E-state index in [-0.39, 0.29) is 5.91 Å². The highest BCUT2D eigenvalue weighted by molar-refractivity contribution is 5.73. The minimum atomic E-state index is 0.217. The van der Waals surface area contributed by atoms with Crippen LogP contribution in [0.2, 0.25) is 0 Å². The first-order valence-electron chi connectivity index (χ1n) is 10.9. The molecule has 6 nitrogen and oxygen atoms in total. The Kier molecular flexibility index (Phi) is 7.78. The highest BCUT2D eigenvalue weighted by atomic mass is 16.5. The molecule has 0 aliphatic carbocycles. The molecule has 0 radical (unpaired) electrons. The van der Waals surface area contributed by atoms with E-state index in [1.165, 1.54) is 24.9 Å². The average molecular weight is 404 g/mol. The Bertz CT molecular complexity index is 673. The number of piperidine rings is 2. The number of hydrogen-bond acceptors (Lipinski definition) is 5. The Morgan fingerprint density at radius 1 is 1.10 bits per heavy atom. The molecule has 2 saturated heterocycles. The van der Waals surface area contributed by atoms with E-state index in [0.717, 1.165) is 56.9 Å². The summed E-state index contributed by atoms with van der Waals surface area (Å²) in [5, 5.41) is 0. The molecule has 2 aliphatic rings. The number of likely N-dealkylation sites (tertiary alicyclic amines) is 2. The van der Waals surface area contributed by atoms with Gasteiger partial charge in [-0.1, -0.05) is 6.07 Å². The van der Waals surface area contributed by atoms with E-state index in [2.05, 4.69) is 29.0 Å². The van der Waals surface area contributed by atoms with Crippen molar-refractivity contribution in [1.82, 2.24) is 14.7 Å². The number of benzene rings is 1. The van der Waals surface area contributed by atoms with E-state index in [1.807, 2.05) is 11.0 Å². The molecule has 2 heterocycles. The fourth-order valence-corrected chi connectivity index (χ4v) is 4.74. The molecule has 29 heavy (non-hydrogen) atoms. The molecule has 1 unspecified atom stereocenters. The number of hydrogen-bond donors (Lipinski definition) is 0. The van der Waals surface area contributed by atoms with Gasteiger partial charge in [0.15, 0.2) is 11.5 Å². The largest absolute Gasteiger partial charge is 0.493 e. The maximum Gasteiger partial charge on any atom is 0.219 e. The minimum absolute atomic E-state index is 0.217. The molecule has 162 valence electrons. The fraction of sp³-hybridized carbons (Fsp3) is 0.696. The van der Waals surface area contributed by atoms with E-state index in [4.69, 9.17) is 9.47 Å². The van der Waals surface area contributed by atoms with Crippen molar-refractivity contribution in [2.75, 3.05) is 54.0 Å². The van der Waals surface area contributed by atoms with E-state index < -0.39 is 0 Å². The lowest BCUT2D eigenvalue weighted by Gasteiger charge is -2.44. The van der Waals surface area contributed by atoms with Gasteiger partial charge in [0.2, 0.25) is 5.91 Å². The molecule has 0 aromatic heterocycles. The summed E-state index contributed by atoms with van der Waals surface area (Å²) in [4.78, 5) is 18.8. The van der Waals surface area contributed by atoms with Crippen molar-refractivity contribution in [3.63, 3.8) is 0 Å². The molecule has 1 atom stereocenters. The van der Waals surface area contributed by atoms with Crippen LogP contribution in [0.15, 0.2) is 18.2 Å². The number of methoxy groups -OCH3 is 2. The number of carbonyl (C=O) groups is 1. The Balaban J connectivity index is 1.49. The molecule has 3 rings (SSSR count). The molecule has 1 aromatic rings. The normalized spacial score (nSPS) is 21.4. The van der Waals surface area contributed by atoms with Gasteiger partial charge in [-0.2, -0.15) is 0 Å². The number of rotatable bonds is 7. The second kappa shape index (κ2) is 10.3. The zero-order valence-corrected chi connectivity index (χ0v) is 18.5. The van der Waals surface area contributed by atoms with Crippen molar-refractivity contribution in [2.45, 2.75) is 51.1 Å². The molecule has 1 aromatic carbocycles. The molecule has 0 spiro atoms. The van der Waals surface area contributed by atoms with E-state index in [1.54, 1.807) is 21.1 Å². The smallest absolute Gasteiger partial charge is 0.219 e. The summed E-state index contributed by atoms with van der Waals surface area (Å²) in [6.07, 6.45) is 5.76. The zero-order chi connectivity index (χ0) is 20.8. The van der Waals surface area contributed by atoms with Crippen LogP contribution in [0.1, 0.15) is 38.2 Å². The lowest BCUT2D eigenvalue weighted by atomic mass is 9.97. The molecular formula is C23H37N3O3. The standard InChI is InChI=1S/C23H37N3O3/c1-18(27)25-14-10-20(11-15-25)26-12-5-6-21(17-26)24(2)13-9-19-7-8-22(28-3)23(16-19)29-4/h7-8,16,20-21H,5-6,9-15,17H2,1-4H3. The summed E-state index contributed by atoms with van der Waals surface area (Å²) in [6.45, 7) is 6.89. The minimum Gasteiger partial charge on any atom is -0.493 e. The van der Waals surface area contributed by atoms with E-state index >= 15 is 0 Å². The highest BCUT2D eigenvalue weighted by Crippen LogP contribution is 2.28. The first-order valence-corrected chi connectivity index (χ1v) is 10.9. The van der Waals surface area contributed by atoms with Crippen molar-refractivity contribution in [3.8, 4) is 11.5 Å². The summed E-state index contributed by atoms with van der Waals surface area (Å²) < 4.78 is 10.8. The van der Waals surface area contributed by atoms with Crippen LogP contribution in [-0.4, -0.2) is 86.7 Å². The van der Waals surface area contributed by atoms with E-state index in [9.17, 15) is 4.79 Å². The maximum absolute atomic E-state index is 11.6. The Morgan fingerprint density at radius 2 is 1.83 bits per heavy atom. The summed E-state index contributed by atoms with van der Waals surface area (Å²) in [6, 6.07) is 7.44. The first-order chi connectivity index (χ1) is 14.0. The number of likely N-dealkylation sites (N-methyl/N-ethyl adjacent to an activating group) is 1. The van der Waals surface area contributed by atoms with Gasteiger partial charge in [-0.25, -0.2) is 0 Å². The summed E-state index contributed by atoms with van der Waals surface area (Å²) in [7, 11) is 5.61. The number of amides is 1. The molecule has 0 bridgehead atoms. The number of ether oxygens (including phenoxy) is 2. The molecular weight excluding hydrogens is 366 g/mol. The van der Waals surface area contributed by atoms with Crippen LogP contribution in [0.5, 0.6) is 11.5 Å². The van der Waals surface area contributed by atoms with Crippen molar-refractivity contribution in [2.24, 2.45) is 0 Å². The topological polar surface area (TPSA) is 45.2 Å². The second-order valence-electron chi connectivity index (χ2n) is 8.45. The summed E-state index contributed by atoms with van der Waals surface area (Å²) in [5.74, 6) is 1.80. The van der Waals surface area contributed by atoms with Crippen LogP contribution in [0.25, 0.3) is 0 Å². The van der Waals surface area contributed by atoms with Crippen molar-refractivity contribution in [3.05, 3.63) is 23.8 Å². The lowest BCUT2D eigenvalue weighted by molar-refractivity contribution is -0.130. The van der Waals surface area contributed by atoms with Crippen molar-refractivity contribution >= 4 is 5.91 Å². The number of carbonyl (C=O) groups excluding carboxylic acids is 1. The molecule has 1 amide bonds. The van der Waals surface area contributed by atoms with Crippen LogP contribution in [-0.2, 0) is 11.2 Å². The van der Waals surface area contributed by atoms with Crippen LogP contribution >= 0.6 is 0 Å². The third-order valence-electron chi connectivity index (χ3n) is 6.68. The van der Waals surface area contributed by atoms with Gasteiger partial charge in [0.05, 0.1) is 14.2 Å². The third-order valence-corrected chi connectivity index (χ3v) is 6.68. The number of nitrogens with zero attached hydrogens (tertiary/aromatic N) is 3. The van der Waals surface area contributed by atoms with Crippen molar-refractivity contribution < 1.29 is 14.3 Å². The Hall–Kier alpha value is -1.79. The van der Waals surface area contributed by atoms with Crippen LogP contribution in [0.4, 0.5) is 0 Å². The quantitative estimate of drug-likeness (QED) is 0.700. The van der Waals surface area contributed by atoms with Gasteiger partial charge in [-0.3, -0.25) is 9.69 Å². The van der Waals surface area contributed by atoms with Gasteiger partial charge >= 0.3 is 0 Å². The predicted octanol–water partition coefficient (Wildman–Crippen LogP) is 2.65. The zero-order valence-electron chi connectivity index (χ0n) is 18.5. The lowest BCUT2D eigenvalue weighted by Crippen LogP contribution is -2.53. The highest BCUT2D eigenvalue weighted by Gasteiger charge is 2.30. The predicted molar refractivity (Wildman–Crippen MR) is 116 cm³/mol. The van der Waals surface area contributed by atoms with Gasteiger partial charge in [0.25, 0.3) is 0 Å². The molecule has 0 saturated carbocycles. The van der Waals surface area contributed by atoms with Gasteiger partial charge in [-0.05, 0) is 63.4 Å². The van der Waals surface area contributed by atoms with Gasteiger partial charge in [-0.15, -0.1) is 0 Å². The molecule has 0 N–H and O–H groups in total. The molecule has 2 fully saturated rings. The maximum atomic E-state index is 11.6. The van der Waals surface area contributed by atoms with Crippen LogP contribution in [0.3, 0.4) is 0 Å². The molecule has 6 heteroatoms. The van der Waals surface area contributed by atoms with Crippen molar-refractivity contribution in [1.29, 1.82) is 0 Å². The Labute approximate surface area is 175 Å². The first kappa shape index (κ1) is 21.9. The summed E-state index contributed by atoms with van der Waals surface area (Å²) in [5.41, 5.74) is 1.28. The second-order valence-corrected chi connectivity index (χ2v) is 8.45. The third kappa shape index (κ3) is 5.64. The fourth-order valence-electron chi connectivity index (χ4n) is 4.74. The Morgan fingerprint density at radius 3 is 2.48 bits per heavy atom. The average Bonchev–Trinajstić information content (AvgIpc) is 2.77.